The Morgan fingerprint density at radius 2 is 1.87 bits per heavy atom. The fourth-order valence-electron chi connectivity index (χ4n) is 3.49. The number of morpholine rings is 1. The van der Waals surface area contributed by atoms with E-state index in [1.54, 1.807) is 11.8 Å². The Balaban J connectivity index is 1.39. The van der Waals surface area contributed by atoms with Gasteiger partial charge in [0.1, 0.15) is 0 Å². The maximum atomic E-state index is 13.1. The first-order valence-electron chi connectivity index (χ1n) is 10.3. The second-order valence-corrected chi connectivity index (χ2v) is 8.46. The Hall–Kier alpha value is -2.84. The van der Waals surface area contributed by atoms with E-state index >= 15 is 0 Å². The van der Waals surface area contributed by atoms with E-state index in [9.17, 15) is 4.79 Å². The van der Waals surface area contributed by atoms with Crippen LogP contribution < -0.4 is 4.90 Å². The zero-order valence-corrected chi connectivity index (χ0v) is 18.6. The van der Waals surface area contributed by atoms with Crippen LogP contribution in [0.4, 0.5) is 5.69 Å². The molecule has 0 aliphatic carbocycles. The number of ether oxygens (including phenoxy) is 1. The van der Waals surface area contributed by atoms with Crippen LogP contribution in [0.15, 0.2) is 57.9 Å². The average Bonchev–Trinajstić information content (AvgIpc) is 3.23. The maximum absolute atomic E-state index is 13.1. The number of aromatic nitrogens is 2. The molecule has 1 aromatic heterocycles. The number of thioether (sulfide) groups is 1. The third-order valence-electron chi connectivity index (χ3n) is 5.12. The van der Waals surface area contributed by atoms with E-state index in [2.05, 4.69) is 39.3 Å². The second kappa shape index (κ2) is 9.98. The Kier molecular flexibility index (Phi) is 6.89. The van der Waals surface area contributed by atoms with Crippen molar-refractivity contribution < 1.29 is 14.1 Å². The molecule has 0 bridgehead atoms. The van der Waals surface area contributed by atoms with Crippen molar-refractivity contribution in [1.29, 1.82) is 0 Å². The first-order valence-corrected chi connectivity index (χ1v) is 11.3. The summed E-state index contributed by atoms with van der Waals surface area (Å²) in [5.74, 6) is 1.68. The van der Waals surface area contributed by atoms with Gasteiger partial charge >= 0.3 is 0 Å². The zero-order valence-electron chi connectivity index (χ0n) is 17.8. The number of carbonyl (C=O) groups excluding carboxylic acids is 1. The van der Waals surface area contributed by atoms with Gasteiger partial charge in [0, 0.05) is 37.3 Å². The van der Waals surface area contributed by atoms with E-state index in [0.29, 0.717) is 29.6 Å². The van der Waals surface area contributed by atoms with E-state index < -0.39 is 0 Å². The van der Waals surface area contributed by atoms with Gasteiger partial charge in [-0.05, 0) is 36.8 Å². The van der Waals surface area contributed by atoms with E-state index in [1.165, 1.54) is 17.4 Å². The number of carbonyl (C=O) groups is 1. The molecule has 4 rings (SSSR count). The average molecular weight is 439 g/mol. The van der Waals surface area contributed by atoms with Crippen LogP contribution in [-0.4, -0.2) is 54.3 Å². The van der Waals surface area contributed by atoms with Gasteiger partial charge in [0.25, 0.3) is 5.91 Å². The van der Waals surface area contributed by atoms with Crippen molar-refractivity contribution in [2.75, 3.05) is 38.3 Å². The van der Waals surface area contributed by atoms with Crippen molar-refractivity contribution in [2.24, 2.45) is 0 Å². The number of amides is 1. The fraction of sp³-hybridized carbons (Fsp3) is 0.348. The lowest BCUT2D eigenvalue weighted by Crippen LogP contribution is -2.36. The van der Waals surface area contributed by atoms with Gasteiger partial charge in [-0.25, -0.2) is 0 Å². The number of benzene rings is 2. The van der Waals surface area contributed by atoms with Crippen molar-refractivity contribution in [3.05, 3.63) is 71.4 Å². The van der Waals surface area contributed by atoms with Gasteiger partial charge in [-0.1, -0.05) is 29.4 Å². The summed E-state index contributed by atoms with van der Waals surface area (Å²) in [6, 6.07) is 16.1. The summed E-state index contributed by atoms with van der Waals surface area (Å²) in [6.45, 7) is 5.69. The van der Waals surface area contributed by atoms with Crippen molar-refractivity contribution in [3.8, 4) is 0 Å². The monoisotopic (exact) mass is 438 g/mol. The molecular formula is C23H26N4O3S. The highest BCUT2D eigenvalue weighted by Gasteiger charge is 2.17. The highest BCUT2D eigenvalue weighted by atomic mass is 32.2. The number of hydrogen-bond donors (Lipinski definition) is 0. The number of nitrogens with zero attached hydrogens (tertiary/aromatic N) is 4. The summed E-state index contributed by atoms with van der Waals surface area (Å²) < 4.78 is 10.6. The first kappa shape index (κ1) is 21.4. The molecule has 0 atom stereocenters. The molecule has 0 N–H and O–H groups in total. The van der Waals surface area contributed by atoms with Crippen molar-refractivity contribution in [1.82, 2.24) is 15.0 Å². The molecule has 7 nitrogen and oxygen atoms in total. The number of rotatable bonds is 7. The molecule has 1 aliphatic rings. The van der Waals surface area contributed by atoms with Crippen LogP contribution in [0, 0.1) is 6.92 Å². The standard InChI is InChI=1S/C23H26N4O3S/c1-17-24-22(30-25-17)16-31-21-6-4-3-5-20(21)23(28)26(2)15-18-7-9-19(10-8-18)27-11-13-29-14-12-27/h3-10H,11-16H2,1-2H3. The molecular weight excluding hydrogens is 412 g/mol. The zero-order chi connectivity index (χ0) is 21.6. The molecule has 2 heterocycles. The topological polar surface area (TPSA) is 71.7 Å². The summed E-state index contributed by atoms with van der Waals surface area (Å²) >= 11 is 1.52. The molecule has 162 valence electrons. The van der Waals surface area contributed by atoms with Gasteiger partial charge in [0.2, 0.25) is 5.89 Å². The Morgan fingerprint density at radius 3 is 2.58 bits per heavy atom. The summed E-state index contributed by atoms with van der Waals surface area (Å²) in [4.78, 5) is 22.3. The number of aryl methyl sites for hydroxylation is 1. The van der Waals surface area contributed by atoms with Crippen LogP contribution in [0.5, 0.6) is 0 Å². The summed E-state index contributed by atoms with van der Waals surface area (Å²) in [7, 11) is 1.83. The molecule has 31 heavy (non-hydrogen) atoms. The molecule has 0 spiro atoms. The van der Waals surface area contributed by atoms with Gasteiger partial charge in [-0.15, -0.1) is 11.8 Å². The Labute approximate surface area is 186 Å². The normalized spacial score (nSPS) is 13.9. The number of anilines is 1. The molecule has 0 saturated carbocycles. The van der Waals surface area contributed by atoms with E-state index in [1.807, 2.05) is 31.3 Å². The van der Waals surface area contributed by atoms with Crippen molar-refractivity contribution >= 4 is 23.4 Å². The van der Waals surface area contributed by atoms with Crippen LogP contribution in [0.3, 0.4) is 0 Å². The van der Waals surface area contributed by atoms with Crippen molar-refractivity contribution in [2.45, 2.75) is 24.1 Å². The Bertz CT molecular complexity index is 1020. The minimum atomic E-state index is -0.0120. The lowest BCUT2D eigenvalue weighted by molar-refractivity contribution is 0.0781. The van der Waals surface area contributed by atoms with Crippen LogP contribution >= 0.6 is 11.8 Å². The molecule has 2 aromatic carbocycles. The molecule has 1 aliphatic heterocycles. The molecule has 0 radical (unpaired) electrons. The fourth-order valence-corrected chi connectivity index (χ4v) is 4.37. The molecule has 1 fully saturated rings. The van der Waals surface area contributed by atoms with Gasteiger partial charge < -0.3 is 19.1 Å². The summed E-state index contributed by atoms with van der Waals surface area (Å²) in [6.07, 6.45) is 0. The lowest BCUT2D eigenvalue weighted by Gasteiger charge is -2.29. The summed E-state index contributed by atoms with van der Waals surface area (Å²) in [5, 5.41) is 3.81. The maximum Gasteiger partial charge on any atom is 0.255 e. The third-order valence-corrected chi connectivity index (χ3v) is 6.18. The van der Waals surface area contributed by atoms with Crippen LogP contribution in [0.2, 0.25) is 0 Å². The van der Waals surface area contributed by atoms with E-state index in [0.717, 1.165) is 36.8 Å². The van der Waals surface area contributed by atoms with Crippen LogP contribution in [0.1, 0.15) is 27.6 Å². The second-order valence-electron chi connectivity index (χ2n) is 7.45. The molecule has 3 aromatic rings. The van der Waals surface area contributed by atoms with Gasteiger partial charge in [-0.3, -0.25) is 4.79 Å². The quantitative estimate of drug-likeness (QED) is 0.520. The molecule has 1 saturated heterocycles. The predicted molar refractivity (Wildman–Crippen MR) is 120 cm³/mol. The minimum absolute atomic E-state index is 0.0120. The predicted octanol–water partition coefficient (Wildman–Crippen LogP) is 3.78. The van der Waals surface area contributed by atoms with Crippen molar-refractivity contribution in [3.63, 3.8) is 0 Å². The third kappa shape index (κ3) is 5.45. The SMILES string of the molecule is Cc1noc(CSc2ccccc2C(=O)N(C)Cc2ccc(N3CCOCC3)cc2)n1. The van der Waals surface area contributed by atoms with E-state index in [-0.39, 0.29) is 5.91 Å². The first-order chi connectivity index (χ1) is 15.1. The Morgan fingerprint density at radius 1 is 1.13 bits per heavy atom. The largest absolute Gasteiger partial charge is 0.378 e. The van der Waals surface area contributed by atoms with Gasteiger partial charge in [0.15, 0.2) is 5.82 Å². The molecule has 8 heteroatoms. The molecule has 0 unspecified atom stereocenters. The van der Waals surface area contributed by atoms with E-state index in [4.69, 9.17) is 9.26 Å². The minimum Gasteiger partial charge on any atom is -0.378 e. The van der Waals surface area contributed by atoms with Crippen LogP contribution in [0.25, 0.3) is 0 Å². The van der Waals surface area contributed by atoms with Gasteiger partial charge in [0.05, 0.1) is 24.5 Å². The van der Waals surface area contributed by atoms with Gasteiger partial charge in [-0.2, -0.15) is 4.98 Å². The summed E-state index contributed by atoms with van der Waals surface area (Å²) in [5.41, 5.74) is 2.97. The molecule has 1 amide bonds. The highest BCUT2D eigenvalue weighted by Crippen LogP contribution is 2.27. The van der Waals surface area contributed by atoms with Crippen LogP contribution in [-0.2, 0) is 17.0 Å². The number of hydrogen-bond acceptors (Lipinski definition) is 7. The smallest absolute Gasteiger partial charge is 0.255 e. The highest BCUT2D eigenvalue weighted by molar-refractivity contribution is 7.98. The lowest BCUT2D eigenvalue weighted by atomic mass is 10.1.